The van der Waals surface area contributed by atoms with E-state index in [4.69, 9.17) is 11.6 Å². The molecule has 2 rings (SSSR count). The van der Waals surface area contributed by atoms with Crippen LogP contribution in [-0.4, -0.2) is 24.8 Å². The highest BCUT2D eigenvalue weighted by Crippen LogP contribution is 2.21. The molecule has 6 heteroatoms. The van der Waals surface area contributed by atoms with Gasteiger partial charge in [-0.3, -0.25) is 9.59 Å². The highest BCUT2D eigenvalue weighted by Gasteiger charge is 2.13. The first-order chi connectivity index (χ1) is 12.0. The first-order valence-corrected chi connectivity index (χ1v) is 8.15. The maximum atomic E-state index is 12.0. The Labute approximate surface area is 150 Å². The van der Waals surface area contributed by atoms with Gasteiger partial charge in [0.25, 0.3) is 0 Å². The number of esters is 1. The molecule has 0 aliphatic carbocycles. The van der Waals surface area contributed by atoms with Crippen molar-refractivity contribution in [1.29, 1.82) is 0 Å². The molecule has 0 saturated heterocycles. The number of carbonyl (C=O) groups excluding carboxylic acids is 3. The van der Waals surface area contributed by atoms with Crippen LogP contribution < -0.4 is 5.32 Å². The maximum absolute atomic E-state index is 12.0. The van der Waals surface area contributed by atoms with E-state index in [0.717, 1.165) is 0 Å². The van der Waals surface area contributed by atoms with Crippen molar-refractivity contribution in [3.05, 3.63) is 64.7 Å². The highest BCUT2D eigenvalue weighted by atomic mass is 35.5. The molecule has 2 aromatic carbocycles. The molecule has 0 atom stereocenters. The molecule has 0 unspecified atom stereocenters. The molecule has 130 valence electrons. The van der Waals surface area contributed by atoms with Crippen molar-refractivity contribution in [2.75, 3.05) is 12.4 Å². The van der Waals surface area contributed by atoms with Crippen LogP contribution >= 0.6 is 11.6 Å². The van der Waals surface area contributed by atoms with E-state index < -0.39 is 5.97 Å². The lowest BCUT2D eigenvalue weighted by Crippen LogP contribution is -2.13. The summed E-state index contributed by atoms with van der Waals surface area (Å²) in [4.78, 5) is 35.6. The van der Waals surface area contributed by atoms with Crippen LogP contribution in [0.15, 0.2) is 48.5 Å². The second kappa shape index (κ2) is 8.99. The molecule has 0 aromatic heterocycles. The van der Waals surface area contributed by atoms with E-state index in [1.807, 2.05) is 6.07 Å². The molecule has 0 radical (unpaired) electrons. The fraction of sp³-hybridized carbons (Fsp3) is 0.211. The SMILES string of the molecule is COC(=O)c1cc(NC(=O)CCCC(=O)c2ccccc2)ccc1Cl. The van der Waals surface area contributed by atoms with Crippen LogP contribution in [-0.2, 0) is 9.53 Å². The minimum atomic E-state index is -0.574. The Morgan fingerprint density at radius 2 is 1.76 bits per heavy atom. The Hall–Kier alpha value is -2.66. The number of halogens is 1. The number of ketones is 1. The third kappa shape index (κ3) is 5.43. The van der Waals surface area contributed by atoms with Crippen LogP contribution in [0, 0.1) is 0 Å². The van der Waals surface area contributed by atoms with Crippen LogP contribution in [0.1, 0.15) is 40.0 Å². The Morgan fingerprint density at radius 1 is 1.04 bits per heavy atom. The number of carbonyl (C=O) groups is 3. The van der Waals surface area contributed by atoms with E-state index in [1.54, 1.807) is 30.3 Å². The number of amides is 1. The van der Waals surface area contributed by atoms with Crippen LogP contribution in [0.2, 0.25) is 5.02 Å². The third-order valence-electron chi connectivity index (χ3n) is 3.56. The van der Waals surface area contributed by atoms with Crippen LogP contribution in [0.3, 0.4) is 0 Å². The van der Waals surface area contributed by atoms with Crippen LogP contribution in [0.25, 0.3) is 0 Å². The quantitative estimate of drug-likeness (QED) is 0.596. The molecule has 25 heavy (non-hydrogen) atoms. The van der Waals surface area contributed by atoms with E-state index in [0.29, 0.717) is 24.1 Å². The summed E-state index contributed by atoms with van der Waals surface area (Å²) in [6.07, 6.45) is 0.942. The summed E-state index contributed by atoms with van der Waals surface area (Å²) >= 11 is 5.93. The summed E-state index contributed by atoms with van der Waals surface area (Å²) in [5.74, 6) is -0.804. The summed E-state index contributed by atoms with van der Waals surface area (Å²) < 4.78 is 4.64. The van der Waals surface area contributed by atoms with Gasteiger partial charge in [0.1, 0.15) is 0 Å². The van der Waals surface area contributed by atoms with Gasteiger partial charge in [-0.25, -0.2) is 4.79 Å². The molecule has 0 heterocycles. The van der Waals surface area contributed by atoms with E-state index in [1.165, 1.54) is 19.2 Å². The third-order valence-corrected chi connectivity index (χ3v) is 3.89. The highest BCUT2D eigenvalue weighted by molar-refractivity contribution is 6.33. The molecule has 0 aliphatic heterocycles. The Morgan fingerprint density at radius 3 is 2.44 bits per heavy atom. The number of nitrogens with one attached hydrogen (secondary N) is 1. The number of hydrogen-bond donors (Lipinski definition) is 1. The molecular formula is C19H18ClNO4. The summed E-state index contributed by atoms with van der Waals surface area (Å²) in [6.45, 7) is 0. The second-order valence-corrected chi connectivity index (χ2v) is 5.78. The number of anilines is 1. The fourth-order valence-electron chi connectivity index (χ4n) is 2.27. The van der Waals surface area contributed by atoms with Crippen molar-refractivity contribution in [1.82, 2.24) is 0 Å². The minimum absolute atomic E-state index is 0.00729. The average Bonchev–Trinajstić information content (AvgIpc) is 2.63. The predicted molar refractivity (Wildman–Crippen MR) is 96.0 cm³/mol. The summed E-state index contributed by atoms with van der Waals surface area (Å²) in [6, 6.07) is 13.5. The average molecular weight is 360 g/mol. The molecule has 0 fully saturated rings. The Kier molecular flexibility index (Phi) is 6.71. The van der Waals surface area contributed by atoms with Gasteiger partial charge in [-0.1, -0.05) is 41.9 Å². The second-order valence-electron chi connectivity index (χ2n) is 5.38. The molecule has 0 bridgehead atoms. The van der Waals surface area contributed by atoms with Crippen LogP contribution in [0.5, 0.6) is 0 Å². The van der Waals surface area contributed by atoms with Gasteiger partial charge in [0, 0.05) is 24.1 Å². The van der Waals surface area contributed by atoms with Crippen molar-refractivity contribution >= 4 is 34.9 Å². The lowest BCUT2D eigenvalue weighted by atomic mass is 10.1. The smallest absolute Gasteiger partial charge is 0.339 e. The molecule has 0 saturated carbocycles. The summed E-state index contributed by atoms with van der Waals surface area (Å²) in [5.41, 5.74) is 1.27. The van der Waals surface area contributed by atoms with Gasteiger partial charge < -0.3 is 10.1 Å². The molecule has 0 spiro atoms. The number of methoxy groups -OCH3 is 1. The molecule has 5 nitrogen and oxygen atoms in total. The number of ether oxygens (including phenoxy) is 1. The lowest BCUT2D eigenvalue weighted by Gasteiger charge is -2.08. The van der Waals surface area contributed by atoms with Crippen molar-refractivity contribution < 1.29 is 19.1 Å². The predicted octanol–water partition coefficient (Wildman–Crippen LogP) is 4.12. The van der Waals surface area contributed by atoms with Gasteiger partial charge in [-0.05, 0) is 24.6 Å². The minimum Gasteiger partial charge on any atom is -0.465 e. The topological polar surface area (TPSA) is 72.5 Å². The first kappa shape index (κ1) is 18.7. The summed E-state index contributed by atoms with van der Waals surface area (Å²) in [5, 5.41) is 2.93. The number of rotatable bonds is 7. The van der Waals surface area contributed by atoms with E-state index in [9.17, 15) is 14.4 Å². The monoisotopic (exact) mass is 359 g/mol. The number of hydrogen-bond acceptors (Lipinski definition) is 4. The van der Waals surface area contributed by atoms with Gasteiger partial charge in [-0.15, -0.1) is 0 Å². The maximum Gasteiger partial charge on any atom is 0.339 e. The lowest BCUT2D eigenvalue weighted by molar-refractivity contribution is -0.116. The Balaban J connectivity index is 1.86. The van der Waals surface area contributed by atoms with Gasteiger partial charge in [0.2, 0.25) is 5.91 Å². The zero-order valence-corrected chi connectivity index (χ0v) is 14.5. The van der Waals surface area contributed by atoms with Crippen molar-refractivity contribution in [3.8, 4) is 0 Å². The molecule has 0 aliphatic rings. The van der Waals surface area contributed by atoms with Crippen molar-refractivity contribution in [2.24, 2.45) is 0 Å². The van der Waals surface area contributed by atoms with E-state index in [2.05, 4.69) is 10.1 Å². The fourth-order valence-corrected chi connectivity index (χ4v) is 2.47. The normalized spacial score (nSPS) is 10.2. The zero-order valence-electron chi connectivity index (χ0n) is 13.8. The van der Waals surface area contributed by atoms with Gasteiger partial charge in [0.15, 0.2) is 5.78 Å². The first-order valence-electron chi connectivity index (χ1n) is 7.77. The standard InChI is InChI=1S/C19H18ClNO4/c1-25-19(24)15-12-14(10-11-16(15)20)21-18(23)9-5-8-17(22)13-6-3-2-4-7-13/h2-4,6-7,10-12H,5,8-9H2,1H3,(H,21,23). The molecule has 1 N–H and O–H groups in total. The van der Waals surface area contributed by atoms with E-state index in [-0.39, 0.29) is 28.7 Å². The van der Waals surface area contributed by atoms with Gasteiger partial charge in [0.05, 0.1) is 17.7 Å². The molecule has 2 aromatic rings. The largest absolute Gasteiger partial charge is 0.465 e. The summed E-state index contributed by atoms with van der Waals surface area (Å²) in [7, 11) is 1.26. The van der Waals surface area contributed by atoms with Gasteiger partial charge in [-0.2, -0.15) is 0 Å². The van der Waals surface area contributed by atoms with E-state index >= 15 is 0 Å². The number of benzene rings is 2. The van der Waals surface area contributed by atoms with Crippen molar-refractivity contribution in [2.45, 2.75) is 19.3 Å². The zero-order chi connectivity index (χ0) is 18.2. The molecular weight excluding hydrogens is 342 g/mol. The Bertz CT molecular complexity index is 774. The molecule has 1 amide bonds. The van der Waals surface area contributed by atoms with Gasteiger partial charge >= 0.3 is 5.97 Å². The van der Waals surface area contributed by atoms with Crippen molar-refractivity contribution in [3.63, 3.8) is 0 Å². The number of Topliss-reactive ketones (excluding diaryl/α,β-unsaturated/α-hetero) is 1. The van der Waals surface area contributed by atoms with Crippen LogP contribution in [0.4, 0.5) is 5.69 Å².